The molecule has 0 amide bonds. The van der Waals surface area contributed by atoms with E-state index in [2.05, 4.69) is 37.1 Å². The maximum atomic E-state index is 5.99. The molecular weight excluding hydrogens is 264 g/mol. The molecule has 1 saturated heterocycles. The molecular formula is C14H23ClN2S. The quantitative estimate of drug-likeness (QED) is 0.907. The first-order valence-electron chi connectivity index (χ1n) is 6.67. The lowest BCUT2D eigenvalue weighted by Crippen LogP contribution is -2.44. The SMILES string of the molecule is CC(C)(C)NCC1CCCN1Cc1ccc(Cl)s1. The summed E-state index contributed by atoms with van der Waals surface area (Å²) in [4.78, 5) is 3.96. The highest BCUT2D eigenvalue weighted by Gasteiger charge is 2.25. The molecule has 0 saturated carbocycles. The van der Waals surface area contributed by atoms with Gasteiger partial charge in [-0.2, -0.15) is 0 Å². The Morgan fingerprint density at radius 1 is 1.44 bits per heavy atom. The Labute approximate surface area is 119 Å². The van der Waals surface area contributed by atoms with Crippen molar-refractivity contribution in [3.8, 4) is 0 Å². The average molecular weight is 287 g/mol. The molecule has 1 aromatic heterocycles. The molecule has 2 rings (SSSR count). The smallest absolute Gasteiger partial charge is 0.0931 e. The average Bonchev–Trinajstić information content (AvgIpc) is 2.85. The van der Waals surface area contributed by atoms with E-state index in [1.165, 1.54) is 24.3 Å². The van der Waals surface area contributed by atoms with Crippen molar-refractivity contribution >= 4 is 22.9 Å². The molecule has 0 spiro atoms. The number of thiophene rings is 1. The van der Waals surface area contributed by atoms with Crippen LogP contribution in [0.15, 0.2) is 12.1 Å². The molecule has 0 aromatic carbocycles. The third kappa shape index (κ3) is 4.23. The predicted octanol–water partition coefficient (Wildman–Crippen LogP) is 3.75. The van der Waals surface area contributed by atoms with Gasteiger partial charge in [0.15, 0.2) is 0 Å². The van der Waals surface area contributed by atoms with Crippen LogP contribution < -0.4 is 5.32 Å². The van der Waals surface area contributed by atoms with Gasteiger partial charge in [-0.05, 0) is 52.3 Å². The summed E-state index contributed by atoms with van der Waals surface area (Å²) in [5.74, 6) is 0. The van der Waals surface area contributed by atoms with Crippen molar-refractivity contribution in [2.75, 3.05) is 13.1 Å². The summed E-state index contributed by atoms with van der Waals surface area (Å²) in [5.41, 5.74) is 0.209. The molecule has 1 N–H and O–H groups in total. The van der Waals surface area contributed by atoms with E-state index < -0.39 is 0 Å². The largest absolute Gasteiger partial charge is 0.311 e. The van der Waals surface area contributed by atoms with Crippen LogP contribution in [0.25, 0.3) is 0 Å². The summed E-state index contributed by atoms with van der Waals surface area (Å²) in [5, 5.41) is 3.62. The van der Waals surface area contributed by atoms with E-state index in [4.69, 9.17) is 11.6 Å². The van der Waals surface area contributed by atoms with Crippen LogP contribution >= 0.6 is 22.9 Å². The second-order valence-corrected chi connectivity index (χ2v) is 7.90. The van der Waals surface area contributed by atoms with Gasteiger partial charge in [-0.3, -0.25) is 4.90 Å². The fraction of sp³-hybridized carbons (Fsp3) is 0.714. The summed E-state index contributed by atoms with van der Waals surface area (Å²) in [6.07, 6.45) is 2.62. The Morgan fingerprint density at radius 2 is 2.22 bits per heavy atom. The van der Waals surface area contributed by atoms with Crippen LogP contribution in [0.5, 0.6) is 0 Å². The summed E-state index contributed by atoms with van der Waals surface area (Å²) >= 11 is 7.69. The molecule has 0 aliphatic carbocycles. The first-order chi connectivity index (χ1) is 8.44. The Hall–Kier alpha value is -0.0900. The van der Waals surface area contributed by atoms with Crippen molar-refractivity contribution < 1.29 is 0 Å². The highest BCUT2D eigenvalue weighted by Crippen LogP contribution is 2.26. The zero-order valence-electron chi connectivity index (χ0n) is 11.5. The summed E-state index contributed by atoms with van der Waals surface area (Å²) in [6, 6.07) is 4.82. The fourth-order valence-electron chi connectivity index (χ4n) is 2.40. The van der Waals surface area contributed by atoms with Crippen molar-refractivity contribution in [1.82, 2.24) is 10.2 Å². The van der Waals surface area contributed by atoms with Crippen molar-refractivity contribution in [3.05, 3.63) is 21.3 Å². The Kier molecular flexibility index (Phi) is 4.70. The van der Waals surface area contributed by atoms with Gasteiger partial charge in [0.1, 0.15) is 0 Å². The molecule has 1 aromatic rings. The molecule has 102 valence electrons. The number of halogens is 1. The zero-order chi connectivity index (χ0) is 13.2. The van der Waals surface area contributed by atoms with Crippen molar-refractivity contribution in [2.45, 2.75) is 51.7 Å². The first-order valence-corrected chi connectivity index (χ1v) is 7.87. The van der Waals surface area contributed by atoms with Crippen LogP contribution in [0.2, 0.25) is 4.34 Å². The molecule has 1 fully saturated rings. The summed E-state index contributed by atoms with van der Waals surface area (Å²) in [7, 11) is 0. The van der Waals surface area contributed by atoms with E-state index in [1.807, 2.05) is 6.07 Å². The maximum Gasteiger partial charge on any atom is 0.0931 e. The number of likely N-dealkylation sites (tertiary alicyclic amines) is 1. The lowest BCUT2D eigenvalue weighted by molar-refractivity contribution is 0.227. The highest BCUT2D eigenvalue weighted by molar-refractivity contribution is 7.16. The van der Waals surface area contributed by atoms with Crippen LogP contribution in [-0.4, -0.2) is 29.6 Å². The van der Waals surface area contributed by atoms with Gasteiger partial charge in [-0.25, -0.2) is 0 Å². The van der Waals surface area contributed by atoms with Crippen LogP contribution in [0.3, 0.4) is 0 Å². The molecule has 0 bridgehead atoms. The number of nitrogens with zero attached hydrogens (tertiary/aromatic N) is 1. The molecule has 1 aliphatic heterocycles. The third-order valence-electron chi connectivity index (χ3n) is 3.35. The molecule has 2 nitrogen and oxygen atoms in total. The first kappa shape index (κ1) is 14.3. The van der Waals surface area contributed by atoms with Gasteiger partial charge < -0.3 is 5.32 Å². The lowest BCUT2D eigenvalue weighted by atomic mass is 10.1. The number of hydrogen-bond acceptors (Lipinski definition) is 3. The minimum absolute atomic E-state index is 0.209. The maximum absolute atomic E-state index is 5.99. The molecule has 18 heavy (non-hydrogen) atoms. The Balaban J connectivity index is 1.87. The van der Waals surface area contributed by atoms with Crippen LogP contribution in [0.1, 0.15) is 38.5 Å². The predicted molar refractivity (Wildman–Crippen MR) is 80.5 cm³/mol. The van der Waals surface area contributed by atoms with Gasteiger partial charge in [0, 0.05) is 29.5 Å². The number of rotatable bonds is 4. The van der Waals surface area contributed by atoms with Crippen molar-refractivity contribution in [2.24, 2.45) is 0 Å². The highest BCUT2D eigenvalue weighted by atomic mass is 35.5. The Bertz CT molecular complexity index is 383. The van der Waals surface area contributed by atoms with E-state index in [-0.39, 0.29) is 5.54 Å². The van der Waals surface area contributed by atoms with Gasteiger partial charge in [0.25, 0.3) is 0 Å². The van der Waals surface area contributed by atoms with E-state index in [1.54, 1.807) is 11.3 Å². The van der Waals surface area contributed by atoms with Crippen molar-refractivity contribution in [3.63, 3.8) is 0 Å². The summed E-state index contributed by atoms with van der Waals surface area (Å²) < 4.78 is 0.897. The standard InChI is InChI=1S/C14H23ClN2S/c1-14(2,3)16-9-11-5-4-8-17(11)10-12-6-7-13(15)18-12/h6-7,11,16H,4-5,8-10H2,1-3H3. The zero-order valence-corrected chi connectivity index (χ0v) is 13.1. The molecule has 2 heterocycles. The number of nitrogens with one attached hydrogen (secondary N) is 1. The third-order valence-corrected chi connectivity index (χ3v) is 4.57. The minimum atomic E-state index is 0.209. The van der Waals surface area contributed by atoms with Crippen LogP contribution in [0.4, 0.5) is 0 Å². The Morgan fingerprint density at radius 3 is 2.83 bits per heavy atom. The minimum Gasteiger partial charge on any atom is -0.311 e. The lowest BCUT2D eigenvalue weighted by Gasteiger charge is -2.28. The molecule has 1 unspecified atom stereocenters. The molecule has 0 radical (unpaired) electrons. The van der Waals surface area contributed by atoms with E-state index in [9.17, 15) is 0 Å². The molecule has 1 atom stereocenters. The van der Waals surface area contributed by atoms with Crippen LogP contribution in [0, 0.1) is 0 Å². The second kappa shape index (κ2) is 5.91. The van der Waals surface area contributed by atoms with Gasteiger partial charge in [-0.1, -0.05) is 11.6 Å². The topological polar surface area (TPSA) is 15.3 Å². The molecule has 4 heteroatoms. The summed E-state index contributed by atoms with van der Waals surface area (Å²) in [6.45, 7) is 10.0. The normalized spacial score (nSPS) is 21.7. The molecule has 1 aliphatic rings. The van der Waals surface area contributed by atoms with E-state index in [0.29, 0.717) is 6.04 Å². The van der Waals surface area contributed by atoms with Crippen molar-refractivity contribution in [1.29, 1.82) is 0 Å². The van der Waals surface area contributed by atoms with E-state index >= 15 is 0 Å². The second-order valence-electron chi connectivity index (χ2n) is 6.10. The van der Waals surface area contributed by atoms with Gasteiger partial charge >= 0.3 is 0 Å². The number of hydrogen-bond donors (Lipinski definition) is 1. The van der Waals surface area contributed by atoms with Crippen LogP contribution in [-0.2, 0) is 6.54 Å². The fourth-order valence-corrected chi connectivity index (χ4v) is 3.51. The van der Waals surface area contributed by atoms with Gasteiger partial charge in [0.2, 0.25) is 0 Å². The van der Waals surface area contributed by atoms with Gasteiger partial charge in [-0.15, -0.1) is 11.3 Å². The monoisotopic (exact) mass is 286 g/mol. The van der Waals surface area contributed by atoms with Gasteiger partial charge in [0.05, 0.1) is 4.34 Å². The van der Waals surface area contributed by atoms with E-state index in [0.717, 1.165) is 17.4 Å².